The number of rotatable bonds is 13. The first-order valence-electron chi connectivity index (χ1n) is 29.7. The molecular formula is C55H90O27. The van der Waals surface area contributed by atoms with Gasteiger partial charge in [-0.1, -0.05) is 27.7 Å². The Labute approximate surface area is 475 Å². The van der Waals surface area contributed by atoms with Crippen molar-refractivity contribution in [1.82, 2.24) is 0 Å². The van der Waals surface area contributed by atoms with Gasteiger partial charge in [0.05, 0.1) is 58.0 Å². The molecule has 27 heteroatoms. The third-order valence-corrected chi connectivity index (χ3v) is 21.8. The summed E-state index contributed by atoms with van der Waals surface area (Å²) in [6.07, 6.45) is -35.9. The molecule has 11 rings (SSSR count). The molecule has 0 aromatic carbocycles. The lowest BCUT2D eigenvalue weighted by Gasteiger charge is -2.62. The van der Waals surface area contributed by atoms with Crippen LogP contribution in [0.2, 0.25) is 0 Å². The highest BCUT2D eigenvalue weighted by Crippen LogP contribution is 2.71. The predicted octanol–water partition coefficient (Wildman–Crippen LogP) is -4.84. The fourth-order valence-electron chi connectivity index (χ4n) is 17.1. The molecule has 0 bridgehead atoms. The van der Waals surface area contributed by atoms with Crippen molar-refractivity contribution >= 4 is 0 Å². The molecular weight excluding hydrogens is 1090 g/mol. The van der Waals surface area contributed by atoms with E-state index in [1.54, 1.807) is 0 Å². The minimum atomic E-state index is -2.13. The van der Waals surface area contributed by atoms with Crippen LogP contribution in [-0.2, 0) is 56.8 Å². The maximum Gasteiger partial charge on any atom is 0.187 e. The van der Waals surface area contributed by atoms with E-state index in [1.165, 1.54) is 0 Å². The van der Waals surface area contributed by atoms with E-state index >= 15 is 0 Å². The molecule has 36 unspecified atom stereocenters. The van der Waals surface area contributed by atoms with Gasteiger partial charge in [-0.2, -0.15) is 0 Å². The van der Waals surface area contributed by atoms with Crippen LogP contribution in [0.3, 0.4) is 0 Å². The summed E-state index contributed by atoms with van der Waals surface area (Å²) in [4.78, 5) is 0. The van der Waals surface area contributed by atoms with Gasteiger partial charge >= 0.3 is 0 Å². The van der Waals surface area contributed by atoms with E-state index in [9.17, 15) is 76.6 Å². The van der Waals surface area contributed by atoms with Crippen molar-refractivity contribution in [2.45, 2.75) is 251 Å². The Morgan fingerprint density at radius 1 is 0.463 bits per heavy atom. The van der Waals surface area contributed by atoms with Gasteiger partial charge in [0.1, 0.15) is 110 Å². The van der Waals surface area contributed by atoms with Gasteiger partial charge in [-0.25, -0.2) is 0 Å². The van der Waals surface area contributed by atoms with Gasteiger partial charge in [0.25, 0.3) is 0 Å². The minimum Gasteiger partial charge on any atom is -0.394 e. The molecule has 4 saturated carbocycles. The molecule has 4 aliphatic carbocycles. The Kier molecular flexibility index (Phi) is 18.6. The number of ether oxygens (including phenoxy) is 12. The molecule has 7 heterocycles. The third-order valence-electron chi connectivity index (χ3n) is 21.8. The van der Waals surface area contributed by atoms with E-state index in [4.69, 9.17) is 56.8 Å². The summed E-state index contributed by atoms with van der Waals surface area (Å²) in [5, 5.41) is 165. The van der Waals surface area contributed by atoms with Gasteiger partial charge in [-0.15, -0.1) is 0 Å². The van der Waals surface area contributed by atoms with Crippen LogP contribution < -0.4 is 0 Å². The van der Waals surface area contributed by atoms with Crippen LogP contribution in [0.25, 0.3) is 0 Å². The SMILES string of the molecule is CC1CCC2(OC1)OC1CC3C4CCC5CC(OC6OC(CO)C(OC7OC(CO)C(O)C(OC8OCC(O)C(O)C8O)C7OC7OC(CO)C(O)C(OC8OCC(O)C(O)C8O)C7O)C(O)C6O)C(O)CC5(C)C4CCC3(C)C1C2C. The number of aliphatic hydroxyl groups excluding tert-OH is 15. The smallest absolute Gasteiger partial charge is 0.187 e. The van der Waals surface area contributed by atoms with Crippen molar-refractivity contribution in [2.24, 2.45) is 52.3 Å². The van der Waals surface area contributed by atoms with Crippen LogP contribution in [0.15, 0.2) is 0 Å². The Hall–Kier alpha value is -1.08. The summed E-state index contributed by atoms with van der Waals surface area (Å²) in [5.74, 6) is 2.16. The van der Waals surface area contributed by atoms with Crippen LogP contribution >= 0.6 is 0 Å². The summed E-state index contributed by atoms with van der Waals surface area (Å²) >= 11 is 0. The summed E-state index contributed by atoms with van der Waals surface area (Å²) in [7, 11) is 0. The molecule has 36 atom stereocenters. The van der Waals surface area contributed by atoms with E-state index in [0.29, 0.717) is 48.3 Å². The van der Waals surface area contributed by atoms with Crippen molar-refractivity contribution in [3.63, 3.8) is 0 Å². The van der Waals surface area contributed by atoms with E-state index in [-0.39, 0.29) is 22.9 Å². The molecule has 11 fully saturated rings. The molecule has 0 radical (unpaired) electrons. The maximum absolute atomic E-state index is 12.0. The van der Waals surface area contributed by atoms with Crippen LogP contribution in [-0.4, -0.2) is 282 Å². The molecule has 0 aromatic rings. The highest BCUT2D eigenvalue weighted by Gasteiger charge is 2.70. The van der Waals surface area contributed by atoms with Crippen molar-refractivity contribution in [3.8, 4) is 0 Å². The monoisotopic (exact) mass is 1180 g/mol. The fourth-order valence-corrected chi connectivity index (χ4v) is 17.1. The fraction of sp³-hybridized carbons (Fsp3) is 1.00. The lowest BCUT2D eigenvalue weighted by Crippen LogP contribution is -2.69. The van der Waals surface area contributed by atoms with Crippen LogP contribution in [0, 0.1) is 52.3 Å². The zero-order valence-electron chi connectivity index (χ0n) is 46.8. The standard InChI is InChI=1S/C55H90O27/c1-20-7-10-55(73-17-20)21(2)34-30(82-55)12-25-23-6-5-22-11-29(26(59)13-54(22,4)24(23)8-9-53(25,34)3)74-50-42(69)39(66)44(33(16-58)77-50)78-52-47(46(38(65)32(15-57)76-52)80-49-41(68)36(63)28(61)19-72-49)81-51-43(70)45(37(64)31(14-56)75-51)79-48-40(67)35(62)27(60)18-71-48/h20-52,56-70H,5-19H2,1-4H3. The van der Waals surface area contributed by atoms with E-state index in [0.717, 1.165) is 51.6 Å². The van der Waals surface area contributed by atoms with Crippen molar-refractivity contribution in [3.05, 3.63) is 0 Å². The molecule has 82 heavy (non-hydrogen) atoms. The summed E-state index contributed by atoms with van der Waals surface area (Å²) in [6.45, 7) is 6.19. The molecule has 27 nitrogen and oxygen atoms in total. The van der Waals surface area contributed by atoms with Gasteiger partial charge in [0.15, 0.2) is 37.2 Å². The van der Waals surface area contributed by atoms with Crippen LogP contribution in [0.1, 0.15) is 85.5 Å². The summed E-state index contributed by atoms with van der Waals surface area (Å²) < 4.78 is 72.9. The Bertz CT molecular complexity index is 2130. The highest BCUT2D eigenvalue weighted by atomic mass is 16.8. The maximum atomic E-state index is 12.0. The van der Waals surface area contributed by atoms with Gasteiger partial charge in [-0.05, 0) is 97.7 Å². The Balaban J connectivity index is 0.789. The number of aliphatic hydroxyl groups is 15. The summed E-state index contributed by atoms with van der Waals surface area (Å²) in [6, 6.07) is 0. The lowest BCUT2D eigenvalue weighted by molar-refractivity contribution is -0.409. The molecule has 7 aliphatic heterocycles. The molecule has 472 valence electrons. The van der Waals surface area contributed by atoms with Crippen molar-refractivity contribution in [1.29, 1.82) is 0 Å². The Morgan fingerprint density at radius 3 is 1.65 bits per heavy atom. The molecule has 15 N–H and O–H groups in total. The second kappa shape index (κ2) is 24.4. The van der Waals surface area contributed by atoms with Gasteiger partial charge in [0.2, 0.25) is 0 Å². The summed E-state index contributed by atoms with van der Waals surface area (Å²) in [5.41, 5.74) is -0.111. The van der Waals surface area contributed by atoms with Crippen molar-refractivity contribution in [2.75, 3.05) is 39.6 Å². The van der Waals surface area contributed by atoms with Crippen molar-refractivity contribution < 1.29 is 133 Å². The second-order valence-corrected chi connectivity index (χ2v) is 26.4. The molecule has 1 spiro atoms. The Morgan fingerprint density at radius 2 is 1.02 bits per heavy atom. The zero-order chi connectivity index (χ0) is 58.6. The van der Waals surface area contributed by atoms with Gasteiger partial charge < -0.3 is 133 Å². The number of hydrogen-bond donors (Lipinski definition) is 15. The molecule has 0 amide bonds. The van der Waals surface area contributed by atoms with Crippen LogP contribution in [0.4, 0.5) is 0 Å². The van der Waals surface area contributed by atoms with Crippen LogP contribution in [0.5, 0.6) is 0 Å². The number of hydrogen-bond acceptors (Lipinski definition) is 27. The first-order valence-corrected chi connectivity index (χ1v) is 29.7. The topological polar surface area (TPSA) is 414 Å². The zero-order valence-corrected chi connectivity index (χ0v) is 46.8. The first-order chi connectivity index (χ1) is 39.0. The highest BCUT2D eigenvalue weighted by molar-refractivity contribution is 5.16. The molecule has 0 aromatic heterocycles. The van der Waals surface area contributed by atoms with E-state index in [2.05, 4.69) is 27.7 Å². The normalized spacial score (nSPS) is 57.9. The van der Waals surface area contributed by atoms with E-state index < -0.39 is 192 Å². The second-order valence-electron chi connectivity index (χ2n) is 26.4. The molecule has 7 saturated heterocycles. The lowest BCUT2D eigenvalue weighted by atomic mass is 9.44. The van der Waals surface area contributed by atoms with E-state index in [1.807, 2.05) is 0 Å². The third kappa shape index (κ3) is 10.9. The largest absolute Gasteiger partial charge is 0.394 e. The average Bonchev–Trinajstić information content (AvgIpc) is 3.61. The quantitative estimate of drug-likeness (QED) is 0.0769. The molecule has 11 aliphatic rings. The predicted molar refractivity (Wildman–Crippen MR) is 270 cm³/mol. The average molecular weight is 1180 g/mol. The number of fused-ring (bicyclic) bond motifs is 7. The minimum absolute atomic E-state index is 0.108. The van der Waals surface area contributed by atoms with Gasteiger partial charge in [0, 0.05) is 12.3 Å². The first kappa shape index (κ1) is 62.5. The van der Waals surface area contributed by atoms with Gasteiger partial charge in [-0.3, -0.25) is 0 Å².